The predicted octanol–water partition coefficient (Wildman–Crippen LogP) is 1.79. The van der Waals surface area contributed by atoms with Crippen LogP contribution < -0.4 is 11.5 Å². The van der Waals surface area contributed by atoms with Crippen LogP contribution in [0.25, 0.3) is 0 Å². The fourth-order valence-corrected chi connectivity index (χ4v) is 0.828. The number of alkyl halides is 2. The van der Waals surface area contributed by atoms with Crippen molar-refractivity contribution in [3.05, 3.63) is 23.8 Å². The maximum atomic E-state index is 12.0. The van der Waals surface area contributed by atoms with E-state index in [0.717, 1.165) is 0 Å². The third-order valence-corrected chi connectivity index (χ3v) is 1.25. The van der Waals surface area contributed by atoms with Gasteiger partial charge in [0.2, 0.25) is 0 Å². The fourth-order valence-electron chi connectivity index (χ4n) is 0.828. The first-order chi connectivity index (χ1) is 5.09. The Morgan fingerprint density at radius 1 is 1.00 bits per heavy atom. The topological polar surface area (TPSA) is 52.0 Å². The molecule has 0 saturated carbocycles. The Hall–Kier alpha value is -1.32. The van der Waals surface area contributed by atoms with Crippen molar-refractivity contribution in [1.82, 2.24) is 0 Å². The zero-order valence-electron chi connectivity index (χ0n) is 5.72. The van der Waals surface area contributed by atoms with Crippen molar-refractivity contribution >= 4 is 11.4 Å². The van der Waals surface area contributed by atoms with Crippen LogP contribution in [0.3, 0.4) is 0 Å². The van der Waals surface area contributed by atoms with E-state index in [4.69, 9.17) is 11.5 Å². The van der Waals surface area contributed by atoms with Crippen LogP contribution in [0.4, 0.5) is 20.2 Å². The van der Waals surface area contributed by atoms with Crippen LogP contribution in [-0.2, 0) is 0 Å². The molecule has 0 heterocycles. The van der Waals surface area contributed by atoms with Crippen molar-refractivity contribution in [2.24, 2.45) is 0 Å². The Balaban J connectivity index is 3.08. The molecule has 0 aromatic heterocycles. The van der Waals surface area contributed by atoms with Crippen molar-refractivity contribution < 1.29 is 8.78 Å². The highest BCUT2D eigenvalue weighted by Crippen LogP contribution is 2.23. The van der Waals surface area contributed by atoms with Crippen LogP contribution in [0.1, 0.15) is 12.0 Å². The molecule has 2 nitrogen and oxygen atoms in total. The van der Waals surface area contributed by atoms with Gasteiger partial charge in [-0.1, -0.05) is 0 Å². The summed E-state index contributed by atoms with van der Waals surface area (Å²) in [5.41, 5.74) is 11.0. The maximum Gasteiger partial charge on any atom is 0.263 e. The van der Waals surface area contributed by atoms with Gasteiger partial charge in [0.15, 0.2) is 0 Å². The summed E-state index contributed by atoms with van der Waals surface area (Å²) >= 11 is 0. The normalized spacial score (nSPS) is 10.5. The van der Waals surface area contributed by atoms with Crippen molar-refractivity contribution in [2.75, 3.05) is 11.5 Å². The average molecular weight is 158 g/mol. The summed E-state index contributed by atoms with van der Waals surface area (Å²) in [6, 6.07) is 3.86. The predicted molar refractivity (Wildman–Crippen MR) is 40.2 cm³/mol. The molecule has 1 rings (SSSR count). The van der Waals surface area contributed by atoms with E-state index in [0.29, 0.717) is 0 Å². The van der Waals surface area contributed by atoms with Gasteiger partial charge in [0, 0.05) is 16.9 Å². The lowest BCUT2D eigenvalue weighted by Gasteiger charge is -2.02. The highest BCUT2D eigenvalue weighted by Gasteiger charge is 2.07. The molecule has 60 valence electrons. The molecule has 0 saturated heterocycles. The molecule has 4 N–H and O–H groups in total. The quantitative estimate of drug-likeness (QED) is 0.612. The Morgan fingerprint density at radius 2 is 1.45 bits per heavy atom. The van der Waals surface area contributed by atoms with E-state index >= 15 is 0 Å². The van der Waals surface area contributed by atoms with Crippen molar-refractivity contribution in [2.45, 2.75) is 6.43 Å². The van der Waals surface area contributed by atoms with Gasteiger partial charge in [0.05, 0.1) is 0 Å². The average Bonchev–Trinajstić information content (AvgIpc) is 1.85. The molecule has 0 bridgehead atoms. The van der Waals surface area contributed by atoms with Gasteiger partial charge in [-0.2, -0.15) is 0 Å². The number of nitrogen functional groups attached to an aromatic ring is 2. The van der Waals surface area contributed by atoms with Gasteiger partial charge in [0.25, 0.3) is 6.43 Å². The molecule has 0 spiro atoms. The van der Waals surface area contributed by atoms with Crippen LogP contribution in [0, 0.1) is 0 Å². The zero-order chi connectivity index (χ0) is 8.43. The zero-order valence-corrected chi connectivity index (χ0v) is 5.72. The smallest absolute Gasteiger partial charge is 0.263 e. The van der Waals surface area contributed by atoms with Crippen molar-refractivity contribution in [1.29, 1.82) is 0 Å². The molecule has 0 radical (unpaired) electrons. The molecule has 0 aliphatic rings. The molecule has 11 heavy (non-hydrogen) atoms. The summed E-state index contributed by atoms with van der Waals surface area (Å²) < 4.78 is 24.0. The summed E-state index contributed by atoms with van der Waals surface area (Å²) in [6.07, 6.45) is -2.51. The first-order valence-corrected chi connectivity index (χ1v) is 3.03. The van der Waals surface area contributed by atoms with E-state index in [9.17, 15) is 8.78 Å². The minimum Gasteiger partial charge on any atom is -0.399 e. The van der Waals surface area contributed by atoms with Crippen LogP contribution in [-0.4, -0.2) is 0 Å². The molecular weight excluding hydrogens is 150 g/mol. The first kappa shape index (κ1) is 7.78. The lowest BCUT2D eigenvalue weighted by molar-refractivity contribution is 0.151. The molecule has 0 amide bonds. The number of halogens is 2. The van der Waals surface area contributed by atoms with Crippen LogP contribution in [0.2, 0.25) is 0 Å². The summed E-state index contributed by atoms with van der Waals surface area (Å²) in [6.45, 7) is 0. The molecule has 0 fully saturated rings. The van der Waals surface area contributed by atoms with E-state index in [1.54, 1.807) is 0 Å². The molecule has 4 heteroatoms. The highest BCUT2D eigenvalue weighted by atomic mass is 19.3. The maximum absolute atomic E-state index is 12.0. The van der Waals surface area contributed by atoms with Gasteiger partial charge in [-0.15, -0.1) is 0 Å². The Labute approximate surface area is 62.8 Å². The largest absolute Gasteiger partial charge is 0.399 e. The van der Waals surface area contributed by atoms with Gasteiger partial charge in [-0.25, -0.2) is 8.78 Å². The summed E-state index contributed by atoms with van der Waals surface area (Å²) in [5.74, 6) is 0. The molecule has 0 unspecified atom stereocenters. The van der Waals surface area contributed by atoms with Crippen molar-refractivity contribution in [3.8, 4) is 0 Å². The van der Waals surface area contributed by atoms with Crippen LogP contribution in [0.5, 0.6) is 0 Å². The first-order valence-electron chi connectivity index (χ1n) is 3.03. The highest BCUT2D eigenvalue weighted by molar-refractivity contribution is 5.54. The summed E-state index contributed by atoms with van der Waals surface area (Å²) in [4.78, 5) is 0. The lowest BCUT2D eigenvalue weighted by Crippen LogP contribution is -1.93. The molecule has 1 aromatic carbocycles. The number of hydrogen-bond acceptors (Lipinski definition) is 2. The second-order valence-electron chi connectivity index (χ2n) is 2.23. The Morgan fingerprint density at radius 3 is 1.82 bits per heavy atom. The van der Waals surface area contributed by atoms with Gasteiger partial charge in [-0.3, -0.25) is 0 Å². The number of benzene rings is 1. The third-order valence-electron chi connectivity index (χ3n) is 1.25. The third kappa shape index (κ3) is 1.80. The molecule has 0 aliphatic heterocycles. The van der Waals surface area contributed by atoms with E-state index in [1.165, 1.54) is 18.2 Å². The number of nitrogens with two attached hydrogens (primary N) is 2. The number of rotatable bonds is 1. The number of anilines is 2. The van der Waals surface area contributed by atoms with Gasteiger partial charge in [0.1, 0.15) is 0 Å². The number of hydrogen-bond donors (Lipinski definition) is 2. The SMILES string of the molecule is Nc1cc(N)cc(C(F)F)c1. The minimum atomic E-state index is -2.51. The molecule has 0 atom stereocenters. The van der Waals surface area contributed by atoms with E-state index < -0.39 is 6.43 Å². The second kappa shape index (κ2) is 2.74. The standard InChI is InChI=1S/C7H8F2N2/c8-7(9)4-1-5(10)3-6(11)2-4/h1-3,7H,10-11H2. The summed E-state index contributed by atoms with van der Waals surface area (Å²) in [7, 11) is 0. The minimum absolute atomic E-state index is 0.137. The summed E-state index contributed by atoms with van der Waals surface area (Å²) in [5, 5.41) is 0. The Kier molecular flexibility index (Phi) is 1.94. The van der Waals surface area contributed by atoms with E-state index in [2.05, 4.69) is 0 Å². The van der Waals surface area contributed by atoms with E-state index in [1.807, 2.05) is 0 Å². The van der Waals surface area contributed by atoms with Gasteiger partial charge in [-0.05, 0) is 18.2 Å². The molecular formula is C7H8F2N2. The lowest BCUT2D eigenvalue weighted by atomic mass is 10.2. The van der Waals surface area contributed by atoms with E-state index in [-0.39, 0.29) is 16.9 Å². The molecule has 0 aliphatic carbocycles. The van der Waals surface area contributed by atoms with Gasteiger partial charge < -0.3 is 11.5 Å². The van der Waals surface area contributed by atoms with Crippen LogP contribution >= 0.6 is 0 Å². The van der Waals surface area contributed by atoms with Gasteiger partial charge >= 0.3 is 0 Å². The fraction of sp³-hybridized carbons (Fsp3) is 0.143. The molecule has 1 aromatic rings. The second-order valence-corrected chi connectivity index (χ2v) is 2.23. The Bertz CT molecular complexity index is 240. The monoisotopic (exact) mass is 158 g/mol. The van der Waals surface area contributed by atoms with Crippen molar-refractivity contribution in [3.63, 3.8) is 0 Å². The van der Waals surface area contributed by atoms with Crippen LogP contribution in [0.15, 0.2) is 18.2 Å².